The minimum atomic E-state index is -5.08. The monoisotopic (exact) mass is 442 g/mol. The zero-order valence-electron chi connectivity index (χ0n) is 15.9. The molecular weight excluding hydrogens is 417 g/mol. The van der Waals surface area contributed by atoms with Gasteiger partial charge in [-0.15, -0.1) is 0 Å². The Labute approximate surface area is 167 Å². The van der Waals surface area contributed by atoms with E-state index in [9.17, 15) is 21.6 Å². The third-order valence-corrected chi connectivity index (χ3v) is 5.46. The van der Waals surface area contributed by atoms with Crippen molar-refractivity contribution in [2.45, 2.75) is 50.1 Å². The molecular formula is C17H25F3N2O6S. The number of likely N-dealkylation sites (tertiary alicyclic amines) is 1. The summed E-state index contributed by atoms with van der Waals surface area (Å²) in [7, 11) is -3.15. The highest BCUT2D eigenvalue weighted by Crippen LogP contribution is 2.37. The van der Waals surface area contributed by atoms with Gasteiger partial charge in [0, 0.05) is 31.7 Å². The van der Waals surface area contributed by atoms with E-state index in [1.54, 1.807) is 12.5 Å². The van der Waals surface area contributed by atoms with Crippen LogP contribution in [0.15, 0.2) is 23.0 Å². The molecule has 166 valence electrons. The molecule has 1 aromatic rings. The number of carboxylic acids is 1. The van der Waals surface area contributed by atoms with Gasteiger partial charge in [-0.05, 0) is 31.7 Å². The summed E-state index contributed by atoms with van der Waals surface area (Å²) in [6.07, 6.45) is 3.66. The highest BCUT2D eigenvalue weighted by Gasteiger charge is 2.43. The Balaban J connectivity index is 0.000000370. The Hall–Kier alpha value is -1.63. The molecule has 2 N–H and O–H groups in total. The molecule has 3 rings (SSSR count). The van der Waals surface area contributed by atoms with Crippen molar-refractivity contribution in [2.75, 3.05) is 25.9 Å². The summed E-state index contributed by atoms with van der Waals surface area (Å²) in [5.74, 6) is -2.76. The molecule has 1 aromatic heterocycles. The second kappa shape index (κ2) is 9.45. The topological polar surface area (TPSA) is 109 Å². The maximum Gasteiger partial charge on any atom is 0.490 e. The normalized spacial score (nSPS) is 25.6. The lowest BCUT2D eigenvalue weighted by molar-refractivity contribution is -0.192. The van der Waals surface area contributed by atoms with Gasteiger partial charge in [0.2, 0.25) is 10.0 Å². The van der Waals surface area contributed by atoms with Gasteiger partial charge in [-0.2, -0.15) is 13.2 Å². The summed E-state index contributed by atoms with van der Waals surface area (Å²) in [6.45, 7) is 3.18. The number of nitrogens with zero attached hydrogens (tertiary/aromatic N) is 1. The number of hydrogen-bond donors (Lipinski definition) is 2. The first-order valence-electron chi connectivity index (χ1n) is 9.05. The Morgan fingerprint density at radius 2 is 2.10 bits per heavy atom. The third-order valence-electron chi connectivity index (χ3n) is 4.77. The van der Waals surface area contributed by atoms with Crippen molar-refractivity contribution in [1.29, 1.82) is 0 Å². The average Bonchev–Trinajstić information content (AvgIpc) is 3.23. The van der Waals surface area contributed by atoms with Gasteiger partial charge >= 0.3 is 12.1 Å². The van der Waals surface area contributed by atoms with Crippen molar-refractivity contribution in [3.05, 3.63) is 24.2 Å². The summed E-state index contributed by atoms with van der Waals surface area (Å²) in [4.78, 5) is 11.3. The standard InChI is InChI=1S/C15H24N2O4S.C2HF3O2/c1-22(18,19)16-9-14-3-2-5-15(21-14)6-7-17(12-15)10-13-4-8-20-11-13;3-2(4,5)1(6)7/h4,8,11,14,16H,2-3,5-7,9-10,12H2,1H3;(H,6,7)/t14-,15+;/m0./s1. The first-order valence-corrected chi connectivity index (χ1v) is 10.9. The number of hydrogen-bond acceptors (Lipinski definition) is 6. The molecule has 3 heterocycles. The van der Waals surface area contributed by atoms with Crippen molar-refractivity contribution in [3.8, 4) is 0 Å². The van der Waals surface area contributed by atoms with E-state index < -0.39 is 22.2 Å². The second-order valence-electron chi connectivity index (χ2n) is 7.33. The van der Waals surface area contributed by atoms with E-state index in [0.29, 0.717) is 6.54 Å². The van der Waals surface area contributed by atoms with Crippen LogP contribution in [0, 0.1) is 0 Å². The molecule has 0 saturated carbocycles. The van der Waals surface area contributed by atoms with E-state index in [1.165, 1.54) is 11.8 Å². The predicted molar refractivity (Wildman–Crippen MR) is 96.6 cm³/mol. The Kier molecular flexibility index (Phi) is 7.71. The lowest BCUT2D eigenvalue weighted by Gasteiger charge is -2.38. The number of furan rings is 1. The van der Waals surface area contributed by atoms with Gasteiger partial charge in [0.1, 0.15) is 0 Å². The van der Waals surface area contributed by atoms with Crippen molar-refractivity contribution in [1.82, 2.24) is 9.62 Å². The number of ether oxygens (including phenoxy) is 1. The molecule has 2 saturated heterocycles. The van der Waals surface area contributed by atoms with E-state index >= 15 is 0 Å². The molecule has 8 nitrogen and oxygen atoms in total. The minimum absolute atomic E-state index is 0.0163. The molecule has 0 aliphatic carbocycles. The van der Waals surface area contributed by atoms with Crippen molar-refractivity contribution in [3.63, 3.8) is 0 Å². The minimum Gasteiger partial charge on any atom is -0.475 e. The van der Waals surface area contributed by atoms with Gasteiger partial charge in [0.25, 0.3) is 0 Å². The Bertz CT molecular complexity index is 769. The van der Waals surface area contributed by atoms with Gasteiger partial charge in [-0.1, -0.05) is 0 Å². The molecule has 29 heavy (non-hydrogen) atoms. The lowest BCUT2D eigenvalue weighted by atomic mass is 9.90. The lowest BCUT2D eigenvalue weighted by Crippen LogP contribution is -2.46. The van der Waals surface area contributed by atoms with Crippen LogP contribution in [0.4, 0.5) is 13.2 Å². The summed E-state index contributed by atoms with van der Waals surface area (Å²) in [6, 6.07) is 1.99. The number of rotatable bonds is 5. The molecule has 0 unspecified atom stereocenters. The van der Waals surface area contributed by atoms with Gasteiger partial charge in [0.05, 0.1) is 30.5 Å². The largest absolute Gasteiger partial charge is 0.490 e. The van der Waals surface area contributed by atoms with E-state index in [2.05, 4.69) is 9.62 Å². The molecule has 0 radical (unpaired) electrons. The summed E-state index contributed by atoms with van der Waals surface area (Å²) >= 11 is 0. The van der Waals surface area contributed by atoms with Crippen LogP contribution < -0.4 is 4.72 Å². The fourth-order valence-electron chi connectivity index (χ4n) is 3.51. The maximum absolute atomic E-state index is 11.2. The van der Waals surface area contributed by atoms with Crippen LogP contribution in [0.5, 0.6) is 0 Å². The van der Waals surface area contributed by atoms with Crippen molar-refractivity contribution in [2.24, 2.45) is 0 Å². The Morgan fingerprint density at radius 1 is 1.41 bits per heavy atom. The molecule has 1 spiro atoms. The predicted octanol–water partition coefficient (Wildman–Crippen LogP) is 1.98. The van der Waals surface area contributed by atoms with E-state index in [0.717, 1.165) is 45.3 Å². The van der Waals surface area contributed by atoms with Gasteiger partial charge in [-0.3, -0.25) is 4.90 Å². The van der Waals surface area contributed by atoms with E-state index in [1.807, 2.05) is 6.07 Å². The molecule has 0 aromatic carbocycles. The van der Waals surface area contributed by atoms with E-state index in [-0.39, 0.29) is 11.7 Å². The quantitative estimate of drug-likeness (QED) is 0.718. The molecule has 2 aliphatic heterocycles. The number of nitrogens with one attached hydrogen (secondary N) is 1. The van der Waals surface area contributed by atoms with Crippen LogP contribution in [-0.2, 0) is 26.1 Å². The zero-order valence-corrected chi connectivity index (χ0v) is 16.8. The summed E-state index contributed by atoms with van der Waals surface area (Å²) in [5.41, 5.74) is 1.08. The maximum atomic E-state index is 11.2. The number of carbonyl (C=O) groups is 1. The average molecular weight is 442 g/mol. The first-order chi connectivity index (χ1) is 13.4. The first kappa shape index (κ1) is 23.6. The van der Waals surface area contributed by atoms with Crippen LogP contribution in [0.25, 0.3) is 0 Å². The molecule has 2 aliphatic rings. The highest BCUT2D eigenvalue weighted by molar-refractivity contribution is 7.88. The smallest absolute Gasteiger partial charge is 0.475 e. The third kappa shape index (κ3) is 7.96. The van der Waals surface area contributed by atoms with E-state index in [4.69, 9.17) is 19.1 Å². The highest BCUT2D eigenvalue weighted by atomic mass is 32.2. The number of aliphatic carboxylic acids is 1. The van der Waals surface area contributed by atoms with Crippen LogP contribution in [0.3, 0.4) is 0 Å². The molecule has 2 fully saturated rings. The molecule has 2 atom stereocenters. The van der Waals surface area contributed by atoms with Gasteiger partial charge in [-0.25, -0.2) is 17.9 Å². The number of alkyl halides is 3. The van der Waals surface area contributed by atoms with Gasteiger partial charge < -0.3 is 14.3 Å². The van der Waals surface area contributed by atoms with Crippen LogP contribution in [-0.4, -0.2) is 68.2 Å². The second-order valence-corrected chi connectivity index (χ2v) is 9.16. The van der Waals surface area contributed by atoms with Crippen LogP contribution in [0.2, 0.25) is 0 Å². The fourth-order valence-corrected chi connectivity index (χ4v) is 4.00. The summed E-state index contributed by atoms with van der Waals surface area (Å²) < 4.78 is 68.2. The fraction of sp³-hybridized carbons (Fsp3) is 0.706. The molecule has 0 amide bonds. The SMILES string of the molecule is CS(=O)(=O)NC[C@@H]1CCC[C@]2(CCN(Cc3ccoc3)C2)O1.O=C(O)C(F)(F)F. The Morgan fingerprint density at radius 3 is 2.66 bits per heavy atom. The summed E-state index contributed by atoms with van der Waals surface area (Å²) in [5, 5.41) is 7.12. The van der Waals surface area contributed by atoms with Crippen LogP contribution in [0.1, 0.15) is 31.2 Å². The zero-order chi connectivity index (χ0) is 21.7. The van der Waals surface area contributed by atoms with Gasteiger partial charge in [0.15, 0.2) is 0 Å². The molecule has 0 bridgehead atoms. The number of sulfonamides is 1. The van der Waals surface area contributed by atoms with Crippen LogP contribution >= 0.6 is 0 Å². The number of carboxylic acid groups (broad SMARTS) is 1. The van der Waals surface area contributed by atoms with Crippen molar-refractivity contribution >= 4 is 16.0 Å². The van der Waals surface area contributed by atoms with Crippen molar-refractivity contribution < 1.29 is 40.6 Å². The molecule has 12 heteroatoms. The number of halogens is 3.